The molecule has 0 aromatic heterocycles. The zero-order chi connectivity index (χ0) is 21.9. The predicted molar refractivity (Wildman–Crippen MR) is 117 cm³/mol. The van der Waals surface area contributed by atoms with Crippen molar-refractivity contribution in [1.29, 1.82) is 0 Å². The van der Waals surface area contributed by atoms with Crippen molar-refractivity contribution >= 4 is 23.4 Å². The smallest absolute Gasteiger partial charge is 0.309 e. The van der Waals surface area contributed by atoms with Crippen LogP contribution < -0.4 is 0 Å². The Hall–Kier alpha value is -2.98. The van der Waals surface area contributed by atoms with Crippen molar-refractivity contribution in [3.8, 4) is 22.3 Å². The van der Waals surface area contributed by atoms with Gasteiger partial charge >= 0.3 is 5.97 Å². The second kappa shape index (κ2) is 8.80. The maximum Gasteiger partial charge on any atom is 0.309 e. The summed E-state index contributed by atoms with van der Waals surface area (Å²) in [6, 6.07) is 19.3. The molecule has 3 rings (SSSR count). The second-order valence-corrected chi connectivity index (χ2v) is 8.41. The van der Waals surface area contributed by atoms with Crippen LogP contribution in [0.5, 0.6) is 0 Å². The molecule has 3 aromatic carbocycles. The monoisotopic (exact) mass is 424 g/mol. The van der Waals surface area contributed by atoms with Crippen molar-refractivity contribution in [2.75, 3.05) is 0 Å². The standard InChI is InChI=1S/C25H22ClFO3/c1-25(2,24(29)30)15-21(28)13-16-4-3-5-18(12-16)22-11-8-19(26)14-23(22)17-6-9-20(27)10-7-17/h3-12,14H,13,15H2,1-2H3,(H,29,30). The van der Waals surface area contributed by atoms with Crippen molar-refractivity contribution in [3.63, 3.8) is 0 Å². The molecular formula is C25H22ClFO3. The van der Waals surface area contributed by atoms with Crippen LogP contribution in [0.25, 0.3) is 22.3 Å². The molecule has 0 aliphatic heterocycles. The van der Waals surface area contributed by atoms with Crippen LogP contribution in [0.15, 0.2) is 66.7 Å². The zero-order valence-electron chi connectivity index (χ0n) is 16.8. The Labute approximate surface area is 180 Å². The van der Waals surface area contributed by atoms with Gasteiger partial charge in [-0.2, -0.15) is 0 Å². The van der Waals surface area contributed by atoms with Gasteiger partial charge in [0.15, 0.2) is 0 Å². The Morgan fingerprint density at radius 3 is 2.30 bits per heavy atom. The lowest BCUT2D eigenvalue weighted by Crippen LogP contribution is -2.27. The molecule has 1 N–H and O–H groups in total. The number of rotatable bonds is 7. The van der Waals surface area contributed by atoms with Gasteiger partial charge in [-0.25, -0.2) is 4.39 Å². The van der Waals surface area contributed by atoms with Gasteiger partial charge in [-0.3, -0.25) is 9.59 Å². The third kappa shape index (κ3) is 5.14. The fourth-order valence-electron chi connectivity index (χ4n) is 3.34. The summed E-state index contributed by atoms with van der Waals surface area (Å²) in [5, 5.41) is 9.81. The van der Waals surface area contributed by atoms with Gasteiger partial charge in [0.25, 0.3) is 0 Å². The Morgan fingerprint density at radius 1 is 0.933 bits per heavy atom. The number of Topliss-reactive ketones (excluding diaryl/α,β-unsaturated/α-hetero) is 1. The van der Waals surface area contributed by atoms with Gasteiger partial charge in [-0.05, 0) is 65.9 Å². The molecule has 0 amide bonds. The second-order valence-electron chi connectivity index (χ2n) is 7.98. The van der Waals surface area contributed by atoms with Crippen LogP contribution in [0, 0.1) is 11.2 Å². The van der Waals surface area contributed by atoms with Crippen molar-refractivity contribution < 1.29 is 19.1 Å². The van der Waals surface area contributed by atoms with Crippen LogP contribution in [0.2, 0.25) is 5.02 Å². The SMILES string of the molecule is CC(C)(CC(=O)Cc1cccc(-c2ccc(Cl)cc2-c2ccc(F)cc2)c1)C(=O)O. The number of halogens is 2. The topological polar surface area (TPSA) is 54.4 Å². The number of carboxylic acids is 1. The maximum absolute atomic E-state index is 13.4. The van der Waals surface area contributed by atoms with E-state index in [0.29, 0.717) is 5.02 Å². The highest BCUT2D eigenvalue weighted by atomic mass is 35.5. The summed E-state index contributed by atoms with van der Waals surface area (Å²) in [4.78, 5) is 23.7. The van der Waals surface area contributed by atoms with E-state index in [1.165, 1.54) is 12.1 Å². The molecule has 0 saturated heterocycles. The van der Waals surface area contributed by atoms with E-state index < -0.39 is 11.4 Å². The number of carboxylic acid groups (broad SMARTS) is 1. The summed E-state index contributed by atoms with van der Waals surface area (Å²) < 4.78 is 13.4. The molecular weight excluding hydrogens is 403 g/mol. The molecule has 3 aromatic rings. The number of aliphatic carboxylic acids is 1. The van der Waals surface area contributed by atoms with Crippen molar-refractivity contribution in [3.05, 3.63) is 83.1 Å². The van der Waals surface area contributed by atoms with Crippen LogP contribution in [-0.2, 0) is 16.0 Å². The lowest BCUT2D eigenvalue weighted by Gasteiger charge is -2.18. The normalized spacial score (nSPS) is 11.3. The van der Waals surface area contributed by atoms with Gasteiger partial charge in [0, 0.05) is 17.9 Å². The minimum Gasteiger partial charge on any atom is -0.481 e. The first-order valence-electron chi connectivity index (χ1n) is 9.55. The molecule has 0 aliphatic carbocycles. The van der Waals surface area contributed by atoms with Gasteiger partial charge in [0.1, 0.15) is 11.6 Å². The quantitative estimate of drug-likeness (QED) is 0.475. The van der Waals surface area contributed by atoms with Crippen molar-refractivity contribution in [2.45, 2.75) is 26.7 Å². The van der Waals surface area contributed by atoms with E-state index in [9.17, 15) is 19.1 Å². The first-order chi connectivity index (χ1) is 14.2. The summed E-state index contributed by atoms with van der Waals surface area (Å²) in [6.45, 7) is 3.10. The predicted octanol–water partition coefficient (Wildman–Crippen LogP) is 6.43. The summed E-state index contributed by atoms with van der Waals surface area (Å²) >= 11 is 6.21. The van der Waals surface area contributed by atoms with Crippen molar-refractivity contribution in [1.82, 2.24) is 0 Å². The Kier molecular flexibility index (Phi) is 6.37. The number of hydrogen-bond donors (Lipinski definition) is 1. The van der Waals surface area contributed by atoms with Gasteiger partial charge in [0.2, 0.25) is 0 Å². The van der Waals surface area contributed by atoms with Crippen molar-refractivity contribution in [2.24, 2.45) is 5.41 Å². The van der Waals surface area contributed by atoms with Crippen LogP contribution in [0.3, 0.4) is 0 Å². The van der Waals surface area contributed by atoms with Gasteiger partial charge < -0.3 is 5.11 Å². The summed E-state index contributed by atoms with van der Waals surface area (Å²) in [5.74, 6) is -1.43. The lowest BCUT2D eigenvalue weighted by atomic mass is 9.85. The van der Waals surface area contributed by atoms with Gasteiger partial charge in [-0.15, -0.1) is 0 Å². The highest BCUT2D eigenvalue weighted by Gasteiger charge is 2.29. The van der Waals surface area contributed by atoms with E-state index in [0.717, 1.165) is 27.8 Å². The third-order valence-corrected chi connectivity index (χ3v) is 5.23. The van der Waals surface area contributed by atoms with E-state index in [4.69, 9.17) is 11.6 Å². The van der Waals surface area contributed by atoms with Crippen LogP contribution in [0.1, 0.15) is 25.8 Å². The average molecular weight is 425 g/mol. The first kappa shape index (κ1) is 21.7. The third-order valence-electron chi connectivity index (χ3n) is 4.99. The molecule has 0 aliphatic rings. The molecule has 3 nitrogen and oxygen atoms in total. The molecule has 0 bridgehead atoms. The molecule has 0 saturated carbocycles. The Morgan fingerprint density at radius 2 is 1.63 bits per heavy atom. The molecule has 30 heavy (non-hydrogen) atoms. The lowest BCUT2D eigenvalue weighted by molar-refractivity contribution is -0.149. The van der Waals surface area contributed by atoms with E-state index in [1.807, 2.05) is 36.4 Å². The molecule has 0 heterocycles. The number of hydrogen-bond acceptors (Lipinski definition) is 2. The molecule has 0 radical (unpaired) electrons. The summed E-state index contributed by atoms with van der Waals surface area (Å²) in [5.41, 5.74) is 3.20. The minimum absolute atomic E-state index is 0.0334. The average Bonchev–Trinajstić information content (AvgIpc) is 2.68. The van der Waals surface area contributed by atoms with E-state index >= 15 is 0 Å². The molecule has 0 atom stereocenters. The number of ketones is 1. The Balaban J connectivity index is 1.92. The molecule has 0 spiro atoms. The molecule has 154 valence electrons. The minimum atomic E-state index is -1.10. The fourth-order valence-corrected chi connectivity index (χ4v) is 3.52. The van der Waals surface area contributed by atoms with Crippen LogP contribution in [-0.4, -0.2) is 16.9 Å². The van der Waals surface area contributed by atoms with Crippen LogP contribution in [0.4, 0.5) is 4.39 Å². The summed E-state index contributed by atoms with van der Waals surface area (Å²) in [6.07, 6.45) is 0.123. The van der Waals surface area contributed by atoms with E-state index in [1.54, 1.807) is 32.0 Å². The van der Waals surface area contributed by atoms with Crippen LogP contribution >= 0.6 is 11.6 Å². The van der Waals surface area contributed by atoms with E-state index in [-0.39, 0.29) is 24.4 Å². The number of carbonyl (C=O) groups excluding carboxylic acids is 1. The molecule has 5 heteroatoms. The largest absolute Gasteiger partial charge is 0.481 e. The number of carbonyl (C=O) groups is 2. The highest BCUT2D eigenvalue weighted by molar-refractivity contribution is 6.31. The molecule has 0 fully saturated rings. The first-order valence-corrected chi connectivity index (χ1v) is 9.93. The van der Waals surface area contributed by atoms with E-state index in [2.05, 4.69) is 0 Å². The van der Waals surface area contributed by atoms with Gasteiger partial charge in [-0.1, -0.05) is 54.1 Å². The van der Waals surface area contributed by atoms with Gasteiger partial charge in [0.05, 0.1) is 5.41 Å². The summed E-state index contributed by atoms with van der Waals surface area (Å²) in [7, 11) is 0. The molecule has 0 unspecified atom stereocenters. The zero-order valence-corrected chi connectivity index (χ0v) is 17.5. The highest BCUT2D eigenvalue weighted by Crippen LogP contribution is 2.35. The number of benzene rings is 3. The fraction of sp³-hybridized carbons (Fsp3) is 0.200. The maximum atomic E-state index is 13.4. The Bertz CT molecular complexity index is 1090.